The zero-order chi connectivity index (χ0) is 8.27. The monoisotopic (exact) mass is 280 g/mol. The zero-order valence-electron chi connectivity index (χ0n) is 6.35. The Balaban J connectivity index is 2.88. The van der Waals surface area contributed by atoms with Gasteiger partial charge in [-0.2, -0.15) is 5.10 Å². The van der Waals surface area contributed by atoms with Crippen LogP contribution < -0.4 is 0 Å². The number of halogens is 2. The molecule has 0 amide bonds. The fraction of sp³-hybridized carbons (Fsp3) is 0.571. The highest BCUT2D eigenvalue weighted by atomic mass is 79.9. The van der Waals surface area contributed by atoms with E-state index < -0.39 is 0 Å². The van der Waals surface area contributed by atoms with Gasteiger partial charge >= 0.3 is 0 Å². The van der Waals surface area contributed by atoms with Gasteiger partial charge < -0.3 is 0 Å². The highest BCUT2D eigenvalue weighted by Crippen LogP contribution is 2.16. The Bertz CT molecular complexity index is 232. The van der Waals surface area contributed by atoms with E-state index >= 15 is 0 Å². The Morgan fingerprint density at radius 2 is 2.36 bits per heavy atom. The van der Waals surface area contributed by atoms with E-state index in [1.165, 1.54) is 5.69 Å². The topological polar surface area (TPSA) is 17.8 Å². The van der Waals surface area contributed by atoms with Crippen LogP contribution in [0.5, 0.6) is 0 Å². The molecule has 4 heteroatoms. The summed E-state index contributed by atoms with van der Waals surface area (Å²) in [6.45, 7) is 3.03. The molecule has 0 aliphatic rings. The predicted octanol–water partition coefficient (Wildman–Crippen LogP) is 2.60. The van der Waals surface area contributed by atoms with E-state index in [-0.39, 0.29) is 0 Å². The summed E-state index contributed by atoms with van der Waals surface area (Å²) in [5, 5.41) is 5.19. The van der Waals surface area contributed by atoms with Gasteiger partial charge in [0.05, 0.1) is 16.4 Å². The number of aromatic nitrogens is 2. The van der Waals surface area contributed by atoms with Gasteiger partial charge in [0.1, 0.15) is 0 Å². The van der Waals surface area contributed by atoms with Gasteiger partial charge in [0, 0.05) is 18.3 Å². The van der Waals surface area contributed by atoms with E-state index in [1.54, 1.807) is 0 Å². The molecule has 1 rings (SSSR count). The lowest BCUT2D eigenvalue weighted by atomic mass is 10.3. The summed E-state index contributed by atoms with van der Waals surface area (Å²) < 4.78 is 3.12. The first-order chi connectivity index (χ1) is 5.29. The molecular formula is C7H10Br2N2. The minimum Gasteiger partial charge on any atom is -0.269 e. The van der Waals surface area contributed by atoms with E-state index in [0.29, 0.717) is 0 Å². The number of aryl methyl sites for hydroxylation is 1. The van der Waals surface area contributed by atoms with Crippen molar-refractivity contribution in [1.82, 2.24) is 9.78 Å². The maximum Gasteiger partial charge on any atom is 0.0635 e. The molecule has 0 aliphatic carbocycles. The van der Waals surface area contributed by atoms with Gasteiger partial charge in [-0.3, -0.25) is 4.68 Å². The van der Waals surface area contributed by atoms with E-state index in [2.05, 4.69) is 43.9 Å². The molecule has 0 aliphatic heterocycles. The predicted molar refractivity (Wildman–Crippen MR) is 53.1 cm³/mol. The molecule has 0 N–H and O–H groups in total. The summed E-state index contributed by atoms with van der Waals surface area (Å²) in [4.78, 5) is 0. The van der Waals surface area contributed by atoms with Crippen LogP contribution in [0.25, 0.3) is 0 Å². The first kappa shape index (κ1) is 9.26. The van der Waals surface area contributed by atoms with Gasteiger partial charge in [-0.05, 0) is 22.9 Å². The number of nitrogens with zero attached hydrogens (tertiary/aromatic N) is 2. The van der Waals surface area contributed by atoms with Crippen molar-refractivity contribution in [2.45, 2.75) is 19.9 Å². The number of hydrogen-bond donors (Lipinski definition) is 0. The summed E-state index contributed by atoms with van der Waals surface area (Å²) in [6.07, 6.45) is 2.87. The Morgan fingerprint density at radius 3 is 2.91 bits per heavy atom. The van der Waals surface area contributed by atoms with Gasteiger partial charge in [0.15, 0.2) is 0 Å². The van der Waals surface area contributed by atoms with Crippen molar-refractivity contribution in [3.05, 3.63) is 16.4 Å². The second-order valence-electron chi connectivity index (χ2n) is 2.19. The van der Waals surface area contributed by atoms with Crippen LogP contribution in [0.1, 0.15) is 12.6 Å². The molecule has 0 saturated heterocycles. The SMILES string of the molecule is CCn1ncc(Br)c1CCBr. The molecule has 1 aromatic heterocycles. The summed E-state index contributed by atoms with van der Waals surface area (Å²) >= 11 is 6.86. The third kappa shape index (κ3) is 2.06. The maximum atomic E-state index is 4.20. The normalized spacial score (nSPS) is 10.5. The lowest BCUT2D eigenvalue weighted by molar-refractivity contribution is 0.626. The fourth-order valence-electron chi connectivity index (χ4n) is 0.998. The van der Waals surface area contributed by atoms with Gasteiger partial charge in [0.2, 0.25) is 0 Å². The van der Waals surface area contributed by atoms with Crippen LogP contribution in [0.2, 0.25) is 0 Å². The van der Waals surface area contributed by atoms with Gasteiger partial charge in [-0.25, -0.2) is 0 Å². The van der Waals surface area contributed by atoms with Crippen LogP contribution in [0.15, 0.2) is 10.7 Å². The molecule has 1 heterocycles. The van der Waals surface area contributed by atoms with Crippen molar-refractivity contribution >= 4 is 31.9 Å². The molecule has 0 atom stereocenters. The van der Waals surface area contributed by atoms with E-state index in [4.69, 9.17) is 0 Å². The minimum absolute atomic E-state index is 0.938. The molecule has 1 aromatic rings. The van der Waals surface area contributed by atoms with Crippen molar-refractivity contribution in [1.29, 1.82) is 0 Å². The van der Waals surface area contributed by atoms with Crippen molar-refractivity contribution in [3.8, 4) is 0 Å². The highest BCUT2D eigenvalue weighted by molar-refractivity contribution is 9.10. The zero-order valence-corrected chi connectivity index (χ0v) is 9.52. The van der Waals surface area contributed by atoms with E-state index in [0.717, 1.165) is 22.8 Å². The smallest absolute Gasteiger partial charge is 0.0635 e. The quantitative estimate of drug-likeness (QED) is 0.779. The van der Waals surface area contributed by atoms with Gasteiger partial charge in [-0.15, -0.1) is 0 Å². The Hall–Kier alpha value is 0.170. The average molecular weight is 282 g/mol. The van der Waals surface area contributed by atoms with E-state index in [1.807, 2.05) is 10.9 Å². The molecule has 11 heavy (non-hydrogen) atoms. The third-order valence-electron chi connectivity index (χ3n) is 1.53. The van der Waals surface area contributed by atoms with Crippen LogP contribution in [-0.4, -0.2) is 15.1 Å². The van der Waals surface area contributed by atoms with Crippen LogP contribution in [0, 0.1) is 0 Å². The van der Waals surface area contributed by atoms with Crippen molar-refractivity contribution in [2.75, 3.05) is 5.33 Å². The molecule has 0 bridgehead atoms. The molecule has 0 spiro atoms. The summed E-state index contributed by atoms with van der Waals surface area (Å²) in [5.74, 6) is 0. The molecular weight excluding hydrogens is 272 g/mol. The molecule has 62 valence electrons. The number of alkyl halides is 1. The van der Waals surface area contributed by atoms with Crippen molar-refractivity contribution in [2.24, 2.45) is 0 Å². The van der Waals surface area contributed by atoms with Crippen LogP contribution in [-0.2, 0) is 13.0 Å². The maximum absolute atomic E-state index is 4.20. The first-order valence-electron chi connectivity index (χ1n) is 3.55. The highest BCUT2D eigenvalue weighted by Gasteiger charge is 2.05. The van der Waals surface area contributed by atoms with Crippen LogP contribution in [0.3, 0.4) is 0 Å². The largest absolute Gasteiger partial charge is 0.269 e. The molecule has 0 fully saturated rings. The Kier molecular flexibility index (Phi) is 3.59. The molecule has 0 aromatic carbocycles. The van der Waals surface area contributed by atoms with Crippen molar-refractivity contribution in [3.63, 3.8) is 0 Å². The second kappa shape index (κ2) is 4.26. The van der Waals surface area contributed by atoms with Crippen LogP contribution in [0.4, 0.5) is 0 Å². The Morgan fingerprint density at radius 1 is 1.64 bits per heavy atom. The number of hydrogen-bond acceptors (Lipinski definition) is 1. The average Bonchev–Trinajstić information content (AvgIpc) is 2.34. The lowest BCUT2D eigenvalue weighted by Gasteiger charge is -2.01. The van der Waals surface area contributed by atoms with Gasteiger partial charge in [0.25, 0.3) is 0 Å². The summed E-state index contributed by atoms with van der Waals surface area (Å²) in [5.41, 5.74) is 1.27. The third-order valence-corrected chi connectivity index (χ3v) is 2.59. The summed E-state index contributed by atoms with van der Waals surface area (Å²) in [7, 11) is 0. The Labute approximate surface area is 83.2 Å². The molecule has 0 saturated carbocycles. The molecule has 0 radical (unpaired) electrons. The lowest BCUT2D eigenvalue weighted by Crippen LogP contribution is -2.03. The standard InChI is InChI=1S/C7H10Br2N2/c1-2-11-7(3-4-8)6(9)5-10-11/h5H,2-4H2,1H3. The second-order valence-corrected chi connectivity index (χ2v) is 3.84. The van der Waals surface area contributed by atoms with Crippen molar-refractivity contribution < 1.29 is 0 Å². The molecule has 2 nitrogen and oxygen atoms in total. The van der Waals surface area contributed by atoms with Crippen LogP contribution >= 0.6 is 31.9 Å². The minimum atomic E-state index is 0.938. The fourth-order valence-corrected chi connectivity index (χ4v) is 1.87. The molecule has 0 unspecified atom stereocenters. The summed E-state index contributed by atoms with van der Waals surface area (Å²) in [6, 6.07) is 0. The first-order valence-corrected chi connectivity index (χ1v) is 5.47. The van der Waals surface area contributed by atoms with Gasteiger partial charge in [-0.1, -0.05) is 15.9 Å². The number of rotatable bonds is 3. The van der Waals surface area contributed by atoms with E-state index in [9.17, 15) is 0 Å².